The Morgan fingerprint density at radius 3 is 2.79 bits per heavy atom. The summed E-state index contributed by atoms with van der Waals surface area (Å²) in [6.45, 7) is 3.15. The molecule has 1 aromatic heterocycles. The van der Waals surface area contributed by atoms with Crippen LogP contribution >= 0.6 is 35.2 Å². The fourth-order valence-corrected chi connectivity index (χ4v) is 4.61. The van der Waals surface area contributed by atoms with Crippen LogP contribution in [-0.2, 0) is 9.53 Å². The minimum atomic E-state index is -0.166. The van der Waals surface area contributed by atoms with Crippen LogP contribution in [0.15, 0.2) is 34.7 Å². The molecule has 154 valence electrons. The van der Waals surface area contributed by atoms with Gasteiger partial charge in [0.15, 0.2) is 5.11 Å². The Labute approximate surface area is 184 Å². The fraction of sp³-hybridized carbons (Fsp3) is 0.350. The van der Waals surface area contributed by atoms with Gasteiger partial charge in [0.05, 0.1) is 29.2 Å². The highest BCUT2D eigenvalue weighted by Gasteiger charge is 2.26. The van der Waals surface area contributed by atoms with Crippen molar-refractivity contribution in [3.8, 4) is 16.2 Å². The molecule has 0 bridgehead atoms. The standard InChI is InChI=1S/C20H22ClN3O3S2/c1-12(16-11-29-18(17(16)25)14-4-3-5-15(21)10-14)22-23-20(28)24-8-6-13(7-9-24)19(26)27-2/h3-5,10-11,13,25H,6-9H2,1-2H3,(H,23,28)/b22-12-. The van der Waals surface area contributed by atoms with Crippen molar-refractivity contribution in [2.75, 3.05) is 20.2 Å². The Morgan fingerprint density at radius 2 is 2.14 bits per heavy atom. The zero-order chi connectivity index (χ0) is 21.0. The summed E-state index contributed by atoms with van der Waals surface area (Å²) in [6.07, 6.45) is 1.40. The molecule has 9 heteroatoms. The van der Waals surface area contributed by atoms with Crippen LogP contribution in [0.1, 0.15) is 25.3 Å². The summed E-state index contributed by atoms with van der Waals surface area (Å²) in [7, 11) is 1.41. The fourth-order valence-electron chi connectivity index (χ4n) is 3.19. The van der Waals surface area contributed by atoms with Crippen LogP contribution in [-0.4, -0.2) is 47.0 Å². The zero-order valence-corrected chi connectivity index (χ0v) is 18.5. The molecule has 1 aliphatic rings. The molecule has 1 fully saturated rings. The van der Waals surface area contributed by atoms with Gasteiger partial charge in [0.25, 0.3) is 0 Å². The van der Waals surface area contributed by atoms with E-state index < -0.39 is 0 Å². The lowest BCUT2D eigenvalue weighted by Crippen LogP contribution is -2.44. The molecule has 3 rings (SSSR count). The minimum Gasteiger partial charge on any atom is -0.506 e. The molecule has 6 nitrogen and oxygen atoms in total. The monoisotopic (exact) mass is 451 g/mol. The summed E-state index contributed by atoms with van der Waals surface area (Å²) < 4.78 is 4.81. The molecule has 2 aromatic rings. The van der Waals surface area contributed by atoms with Gasteiger partial charge >= 0.3 is 5.97 Å². The highest BCUT2D eigenvalue weighted by atomic mass is 35.5. The SMILES string of the molecule is COC(=O)C1CCN(C(=S)N/N=C(/C)c2csc(-c3cccc(Cl)c3)c2O)CC1. The molecule has 0 saturated carbocycles. The number of likely N-dealkylation sites (tertiary alicyclic amines) is 1. The smallest absolute Gasteiger partial charge is 0.308 e. The van der Waals surface area contributed by atoms with Crippen molar-refractivity contribution in [2.45, 2.75) is 19.8 Å². The van der Waals surface area contributed by atoms with E-state index in [0.717, 1.165) is 10.4 Å². The van der Waals surface area contributed by atoms with Crippen LogP contribution in [0.25, 0.3) is 10.4 Å². The summed E-state index contributed by atoms with van der Waals surface area (Å²) in [5, 5.41) is 17.9. The van der Waals surface area contributed by atoms with Gasteiger partial charge in [-0.3, -0.25) is 10.2 Å². The summed E-state index contributed by atoms with van der Waals surface area (Å²) in [6, 6.07) is 7.36. The first-order valence-electron chi connectivity index (χ1n) is 9.14. The second-order valence-corrected chi connectivity index (χ2v) is 8.44. The van der Waals surface area contributed by atoms with Gasteiger partial charge in [-0.2, -0.15) is 5.10 Å². The molecule has 0 radical (unpaired) electrons. The molecular weight excluding hydrogens is 430 g/mol. The molecule has 0 unspecified atom stereocenters. The average molecular weight is 452 g/mol. The van der Waals surface area contributed by atoms with Gasteiger partial charge in [-0.15, -0.1) is 11.3 Å². The number of benzene rings is 1. The van der Waals surface area contributed by atoms with E-state index >= 15 is 0 Å². The number of thiocarbonyl (C=S) groups is 1. The predicted molar refractivity (Wildman–Crippen MR) is 121 cm³/mol. The third kappa shape index (κ3) is 5.07. The van der Waals surface area contributed by atoms with E-state index in [-0.39, 0.29) is 17.6 Å². The lowest BCUT2D eigenvalue weighted by molar-refractivity contribution is -0.146. The Bertz CT molecular complexity index is 937. The first kappa shape index (κ1) is 21.5. The first-order valence-corrected chi connectivity index (χ1v) is 10.8. The Balaban J connectivity index is 1.63. The second-order valence-electron chi connectivity index (χ2n) is 6.74. The second kappa shape index (κ2) is 9.56. The van der Waals surface area contributed by atoms with E-state index in [4.69, 9.17) is 28.6 Å². The molecule has 1 aliphatic heterocycles. The van der Waals surface area contributed by atoms with Crippen LogP contribution in [0.3, 0.4) is 0 Å². The van der Waals surface area contributed by atoms with Crippen molar-refractivity contribution in [2.24, 2.45) is 11.0 Å². The number of nitrogens with zero attached hydrogens (tertiary/aromatic N) is 2. The molecule has 0 spiro atoms. The maximum atomic E-state index is 11.6. The molecule has 29 heavy (non-hydrogen) atoms. The van der Waals surface area contributed by atoms with Crippen LogP contribution in [0, 0.1) is 5.92 Å². The van der Waals surface area contributed by atoms with Gasteiger partial charge in [-0.25, -0.2) is 0 Å². The average Bonchev–Trinajstić information content (AvgIpc) is 3.12. The third-order valence-electron chi connectivity index (χ3n) is 4.88. The van der Waals surface area contributed by atoms with Gasteiger partial charge in [-0.05, 0) is 49.7 Å². The largest absolute Gasteiger partial charge is 0.506 e. The number of carbonyl (C=O) groups excluding carboxylic acids is 1. The molecule has 1 saturated heterocycles. The van der Waals surface area contributed by atoms with Crippen molar-refractivity contribution in [1.82, 2.24) is 10.3 Å². The van der Waals surface area contributed by atoms with E-state index in [1.807, 2.05) is 35.4 Å². The van der Waals surface area contributed by atoms with Crippen molar-refractivity contribution in [1.29, 1.82) is 0 Å². The number of hydrazone groups is 1. The molecule has 2 N–H and O–H groups in total. The number of ether oxygens (including phenoxy) is 1. The van der Waals surface area contributed by atoms with Crippen molar-refractivity contribution in [3.05, 3.63) is 40.2 Å². The zero-order valence-electron chi connectivity index (χ0n) is 16.1. The molecule has 0 amide bonds. The normalized spacial score (nSPS) is 15.3. The number of hydrogen-bond donors (Lipinski definition) is 2. The Hall–Kier alpha value is -2.16. The number of aromatic hydroxyl groups is 1. The van der Waals surface area contributed by atoms with Gasteiger partial charge in [0.2, 0.25) is 0 Å². The quantitative estimate of drug-likeness (QED) is 0.313. The van der Waals surface area contributed by atoms with Crippen LogP contribution in [0.2, 0.25) is 5.02 Å². The van der Waals surface area contributed by atoms with E-state index in [0.29, 0.717) is 47.3 Å². The van der Waals surface area contributed by atoms with Gasteiger partial charge in [0, 0.05) is 23.5 Å². The van der Waals surface area contributed by atoms with Crippen LogP contribution in [0.5, 0.6) is 5.75 Å². The number of esters is 1. The summed E-state index contributed by atoms with van der Waals surface area (Å²) >= 11 is 12.9. The van der Waals surface area contributed by atoms with Crippen molar-refractivity contribution >= 4 is 51.9 Å². The van der Waals surface area contributed by atoms with Crippen molar-refractivity contribution in [3.63, 3.8) is 0 Å². The van der Waals surface area contributed by atoms with Crippen molar-refractivity contribution < 1.29 is 14.6 Å². The Morgan fingerprint density at radius 1 is 1.41 bits per heavy atom. The molecule has 1 aromatic carbocycles. The topological polar surface area (TPSA) is 74.2 Å². The van der Waals surface area contributed by atoms with Gasteiger partial charge in [0.1, 0.15) is 5.75 Å². The summed E-state index contributed by atoms with van der Waals surface area (Å²) in [5.41, 5.74) is 5.02. The number of methoxy groups -OCH3 is 1. The number of halogens is 1. The van der Waals surface area contributed by atoms with Crippen LogP contribution < -0.4 is 5.43 Å². The molecule has 0 atom stereocenters. The van der Waals surface area contributed by atoms with E-state index in [2.05, 4.69) is 10.5 Å². The third-order valence-corrected chi connectivity index (χ3v) is 6.48. The van der Waals surface area contributed by atoms with E-state index in [1.165, 1.54) is 18.4 Å². The maximum Gasteiger partial charge on any atom is 0.308 e. The number of piperidine rings is 1. The Kier molecular flexibility index (Phi) is 7.10. The number of thiophene rings is 1. The lowest BCUT2D eigenvalue weighted by Gasteiger charge is -2.31. The molecular formula is C20H22ClN3O3S2. The number of rotatable bonds is 4. The minimum absolute atomic E-state index is 0.0723. The summed E-state index contributed by atoms with van der Waals surface area (Å²) in [5.74, 6) is -0.0667. The van der Waals surface area contributed by atoms with Crippen LogP contribution in [0.4, 0.5) is 0 Å². The van der Waals surface area contributed by atoms with Gasteiger partial charge in [-0.1, -0.05) is 23.7 Å². The predicted octanol–water partition coefficient (Wildman–Crippen LogP) is 4.26. The summed E-state index contributed by atoms with van der Waals surface area (Å²) in [4.78, 5) is 14.4. The number of carbonyl (C=O) groups is 1. The van der Waals surface area contributed by atoms with E-state index in [9.17, 15) is 9.90 Å². The molecule has 0 aliphatic carbocycles. The molecule has 2 heterocycles. The number of nitrogens with one attached hydrogen (secondary N) is 1. The first-order chi connectivity index (χ1) is 13.9. The van der Waals surface area contributed by atoms with Gasteiger partial charge < -0.3 is 14.7 Å². The number of hydrogen-bond acceptors (Lipinski definition) is 6. The maximum absolute atomic E-state index is 11.6. The highest BCUT2D eigenvalue weighted by molar-refractivity contribution is 7.80. The highest BCUT2D eigenvalue weighted by Crippen LogP contribution is 2.39. The van der Waals surface area contributed by atoms with E-state index in [1.54, 1.807) is 6.07 Å². The lowest BCUT2D eigenvalue weighted by atomic mass is 9.97.